The summed E-state index contributed by atoms with van der Waals surface area (Å²) >= 11 is 0. The van der Waals surface area contributed by atoms with Crippen molar-refractivity contribution < 1.29 is 9.53 Å². The average molecular weight is 362 g/mol. The standard InChI is InChI=1S/C21H22N4O2/c1-4-27-17-8-6-16(7-9-17)23-21-22-12-11-19(25-21)20(26)24-18-10-5-14(2)13-15(18)3/h5-13H,4H2,1-3H3,(H,24,26)(H,22,23,25). The lowest BCUT2D eigenvalue weighted by atomic mass is 10.1. The van der Waals surface area contributed by atoms with Crippen LogP contribution < -0.4 is 15.4 Å². The first-order valence-corrected chi connectivity index (χ1v) is 8.76. The number of ether oxygens (including phenoxy) is 1. The van der Waals surface area contributed by atoms with Crippen molar-refractivity contribution in [1.82, 2.24) is 9.97 Å². The molecule has 2 aromatic carbocycles. The quantitative estimate of drug-likeness (QED) is 0.676. The first-order valence-electron chi connectivity index (χ1n) is 8.76. The van der Waals surface area contributed by atoms with Crippen molar-refractivity contribution in [1.29, 1.82) is 0 Å². The van der Waals surface area contributed by atoms with Gasteiger partial charge in [0.25, 0.3) is 5.91 Å². The van der Waals surface area contributed by atoms with E-state index >= 15 is 0 Å². The number of hydrogen-bond acceptors (Lipinski definition) is 5. The predicted octanol–water partition coefficient (Wildman–Crippen LogP) is 4.49. The second-order valence-electron chi connectivity index (χ2n) is 6.12. The minimum absolute atomic E-state index is 0.279. The molecular formula is C21H22N4O2. The summed E-state index contributed by atoms with van der Waals surface area (Å²) in [6, 6.07) is 14.9. The fraction of sp³-hybridized carbons (Fsp3) is 0.190. The van der Waals surface area contributed by atoms with Crippen molar-refractivity contribution in [2.24, 2.45) is 0 Å². The summed E-state index contributed by atoms with van der Waals surface area (Å²) in [4.78, 5) is 21.0. The van der Waals surface area contributed by atoms with E-state index in [0.717, 1.165) is 28.3 Å². The number of hydrogen-bond donors (Lipinski definition) is 2. The molecular weight excluding hydrogens is 340 g/mol. The molecule has 0 radical (unpaired) electrons. The zero-order valence-electron chi connectivity index (χ0n) is 15.6. The Kier molecular flexibility index (Phi) is 5.66. The Morgan fingerprint density at radius 3 is 2.56 bits per heavy atom. The fourth-order valence-electron chi connectivity index (χ4n) is 2.62. The summed E-state index contributed by atoms with van der Waals surface area (Å²) in [5.41, 5.74) is 4.02. The third-order valence-electron chi connectivity index (χ3n) is 3.94. The van der Waals surface area contributed by atoms with Crippen LogP contribution in [0.5, 0.6) is 5.75 Å². The van der Waals surface area contributed by atoms with E-state index in [1.807, 2.05) is 63.2 Å². The van der Waals surface area contributed by atoms with E-state index in [1.54, 1.807) is 12.3 Å². The Bertz CT molecular complexity index is 939. The molecule has 1 heterocycles. The van der Waals surface area contributed by atoms with E-state index in [1.165, 1.54) is 0 Å². The van der Waals surface area contributed by atoms with Gasteiger partial charge in [0, 0.05) is 17.6 Å². The van der Waals surface area contributed by atoms with Crippen LogP contribution >= 0.6 is 0 Å². The number of carbonyl (C=O) groups excluding carboxylic acids is 1. The topological polar surface area (TPSA) is 76.1 Å². The van der Waals surface area contributed by atoms with Gasteiger partial charge in [-0.25, -0.2) is 9.97 Å². The lowest BCUT2D eigenvalue weighted by Crippen LogP contribution is -2.15. The van der Waals surface area contributed by atoms with Gasteiger partial charge in [-0.05, 0) is 62.7 Å². The van der Waals surface area contributed by atoms with Gasteiger partial charge in [0.15, 0.2) is 0 Å². The molecule has 2 N–H and O–H groups in total. The second-order valence-corrected chi connectivity index (χ2v) is 6.12. The highest BCUT2D eigenvalue weighted by Crippen LogP contribution is 2.19. The van der Waals surface area contributed by atoms with Crippen LogP contribution in [0.25, 0.3) is 0 Å². The number of amides is 1. The zero-order valence-corrected chi connectivity index (χ0v) is 15.6. The summed E-state index contributed by atoms with van der Waals surface area (Å²) in [5, 5.41) is 5.99. The molecule has 3 rings (SSSR count). The molecule has 27 heavy (non-hydrogen) atoms. The summed E-state index contributed by atoms with van der Waals surface area (Å²) in [6.07, 6.45) is 1.56. The van der Waals surface area contributed by atoms with Crippen LogP contribution in [0, 0.1) is 13.8 Å². The summed E-state index contributed by atoms with van der Waals surface area (Å²) < 4.78 is 5.42. The lowest BCUT2D eigenvalue weighted by Gasteiger charge is -2.10. The first-order chi connectivity index (χ1) is 13.0. The minimum Gasteiger partial charge on any atom is -0.494 e. The maximum Gasteiger partial charge on any atom is 0.274 e. The molecule has 0 saturated carbocycles. The molecule has 1 aromatic heterocycles. The van der Waals surface area contributed by atoms with Crippen molar-refractivity contribution in [3.63, 3.8) is 0 Å². The van der Waals surface area contributed by atoms with Gasteiger partial charge < -0.3 is 15.4 Å². The van der Waals surface area contributed by atoms with E-state index in [2.05, 4.69) is 20.6 Å². The molecule has 0 aliphatic rings. The van der Waals surface area contributed by atoms with Crippen LogP contribution in [0.2, 0.25) is 0 Å². The number of carbonyl (C=O) groups is 1. The van der Waals surface area contributed by atoms with Crippen molar-refractivity contribution in [2.45, 2.75) is 20.8 Å². The van der Waals surface area contributed by atoms with Crippen LogP contribution in [0.1, 0.15) is 28.5 Å². The Labute approximate surface area is 158 Å². The van der Waals surface area contributed by atoms with Gasteiger partial charge in [0.05, 0.1) is 6.61 Å². The third-order valence-corrected chi connectivity index (χ3v) is 3.94. The van der Waals surface area contributed by atoms with Gasteiger partial charge in [-0.15, -0.1) is 0 Å². The largest absolute Gasteiger partial charge is 0.494 e. The monoisotopic (exact) mass is 362 g/mol. The summed E-state index contributed by atoms with van der Waals surface area (Å²) in [7, 11) is 0. The molecule has 6 nitrogen and oxygen atoms in total. The number of nitrogens with one attached hydrogen (secondary N) is 2. The zero-order chi connectivity index (χ0) is 19.2. The van der Waals surface area contributed by atoms with Crippen LogP contribution in [0.4, 0.5) is 17.3 Å². The van der Waals surface area contributed by atoms with Crippen LogP contribution in [0.15, 0.2) is 54.7 Å². The van der Waals surface area contributed by atoms with Gasteiger partial charge in [-0.1, -0.05) is 17.7 Å². The van der Waals surface area contributed by atoms with Gasteiger partial charge in [0.2, 0.25) is 5.95 Å². The molecule has 138 valence electrons. The molecule has 1 amide bonds. The maximum atomic E-state index is 12.5. The number of nitrogens with zero attached hydrogens (tertiary/aromatic N) is 2. The number of rotatable bonds is 6. The van der Waals surface area contributed by atoms with Crippen LogP contribution in [-0.2, 0) is 0 Å². The van der Waals surface area contributed by atoms with Crippen LogP contribution in [-0.4, -0.2) is 22.5 Å². The Balaban J connectivity index is 1.71. The van der Waals surface area contributed by atoms with Gasteiger partial charge >= 0.3 is 0 Å². The fourth-order valence-corrected chi connectivity index (χ4v) is 2.62. The lowest BCUT2D eigenvalue weighted by molar-refractivity contribution is 0.102. The van der Waals surface area contributed by atoms with E-state index in [0.29, 0.717) is 18.2 Å². The Morgan fingerprint density at radius 1 is 1.07 bits per heavy atom. The van der Waals surface area contributed by atoms with Crippen molar-refractivity contribution >= 4 is 23.2 Å². The van der Waals surface area contributed by atoms with Crippen molar-refractivity contribution in [3.05, 3.63) is 71.5 Å². The van der Waals surface area contributed by atoms with Crippen molar-refractivity contribution in [3.8, 4) is 5.75 Å². The normalized spacial score (nSPS) is 10.3. The molecule has 0 fully saturated rings. The first kappa shape index (κ1) is 18.4. The highest BCUT2D eigenvalue weighted by Gasteiger charge is 2.11. The Hall–Kier alpha value is -3.41. The average Bonchev–Trinajstić information content (AvgIpc) is 2.66. The molecule has 0 atom stereocenters. The molecule has 3 aromatic rings. The molecule has 0 bridgehead atoms. The number of aromatic nitrogens is 2. The molecule has 0 spiro atoms. The predicted molar refractivity (Wildman–Crippen MR) is 107 cm³/mol. The minimum atomic E-state index is -0.279. The maximum absolute atomic E-state index is 12.5. The smallest absolute Gasteiger partial charge is 0.274 e. The molecule has 0 aliphatic carbocycles. The van der Waals surface area contributed by atoms with E-state index in [4.69, 9.17) is 4.74 Å². The van der Waals surface area contributed by atoms with E-state index in [9.17, 15) is 4.79 Å². The van der Waals surface area contributed by atoms with E-state index in [-0.39, 0.29) is 5.91 Å². The van der Waals surface area contributed by atoms with Gasteiger partial charge in [-0.3, -0.25) is 4.79 Å². The summed E-state index contributed by atoms with van der Waals surface area (Å²) in [5.74, 6) is 0.872. The molecule has 0 saturated heterocycles. The molecule has 0 aliphatic heterocycles. The Morgan fingerprint density at radius 2 is 1.85 bits per heavy atom. The van der Waals surface area contributed by atoms with Gasteiger partial charge in [0.1, 0.15) is 11.4 Å². The van der Waals surface area contributed by atoms with E-state index < -0.39 is 0 Å². The van der Waals surface area contributed by atoms with Crippen LogP contribution in [0.3, 0.4) is 0 Å². The van der Waals surface area contributed by atoms with Crippen molar-refractivity contribution in [2.75, 3.05) is 17.2 Å². The highest BCUT2D eigenvalue weighted by atomic mass is 16.5. The molecule has 6 heteroatoms. The molecule has 0 unspecified atom stereocenters. The number of anilines is 3. The second kappa shape index (κ2) is 8.31. The summed E-state index contributed by atoms with van der Waals surface area (Å²) in [6.45, 7) is 6.53. The number of benzene rings is 2. The SMILES string of the molecule is CCOc1ccc(Nc2nccc(C(=O)Nc3ccc(C)cc3C)n2)cc1. The highest BCUT2D eigenvalue weighted by molar-refractivity contribution is 6.03. The van der Waals surface area contributed by atoms with Gasteiger partial charge in [-0.2, -0.15) is 0 Å². The third kappa shape index (κ3) is 4.82. The number of aryl methyl sites for hydroxylation is 2.